The van der Waals surface area contributed by atoms with Crippen LogP contribution >= 0.6 is 0 Å². The zero-order valence-corrected chi connectivity index (χ0v) is 22.3. The molecule has 0 atom stereocenters. The van der Waals surface area contributed by atoms with Crippen LogP contribution < -0.4 is 0 Å². The van der Waals surface area contributed by atoms with Gasteiger partial charge in [0.05, 0.1) is 20.6 Å². The van der Waals surface area contributed by atoms with Gasteiger partial charge >= 0.3 is 0 Å². The highest BCUT2D eigenvalue weighted by Crippen LogP contribution is 2.44. The summed E-state index contributed by atoms with van der Waals surface area (Å²) < 4.78 is 139. The Morgan fingerprint density at radius 2 is 0.953 bits per heavy atom. The van der Waals surface area contributed by atoms with Crippen molar-refractivity contribution >= 4 is 54.3 Å². The van der Waals surface area contributed by atoms with E-state index in [9.17, 15) is 8.22 Å². The van der Waals surface area contributed by atoms with Gasteiger partial charge in [-0.2, -0.15) is 0 Å². The van der Waals surface area contributed by atoms with Gasteiger partial charge in [0.15, 0.2) is 0 Å². The standard InChI is InChI=1S/C42H26O/c1-2-10-30-25-32(22-19-27(30)9-1)42-36-14-5-3-12-34(36)41(35-13-4-6-15-37(35)42)29-20-17-28(18-21-29)31-23-24-40-38(26-31)33-11-7-8-16-39(33)43-40/h1-26H/i1D,2D,3D,4D,5D,6D,9D,10D,12D,13D,14D,15D,19D,22D,25D. The van der Waals surface area contributed by atoms with Crippen LogP contribution in [0.5, 0.6) is 0 Å². The van der Waals surface area contributed by atoms with Crippen LogP contribution in [-0.4, -0.2) is 0 Å². The Hall–Kier alpha value is -5.66. The lowest BCUT2D eigenvalue weighted by Crippen LogP contribution is -1.91. The van der Waals surface area contributed by atoms with E-state index in [2.05, 4.69) is 0 Å². The van der Waals surface area contributed by atoms with Gasteiger partial charge in [0, 0.05) is 10.8 Å². The zero-order valence-electron chi connectivity index (χ0n) is 37.3. The van der Waals surface area contributed by atoms with E-state index < -0.39 is 107 Å². The number of rotatable bonds is 3. The van der Waals surface area contributed by atoms with Crippen LogP contribution in [0.3, 0.4) is 0 Å². The third kappa shape index (κ3) is 3.79. The van der Waals surface area contributed by atoms with Crippen molar-refractivity contribution in [3.8, 4) is 33.4 Å². The molecule has 9 aromatic rings. The second-order valence-electron chi connectivity index (χ2n) is 10.1. The minimum absolute atomic E-state index is 0.0439. The van der Waals surface area contributed by atoms with Crippen LogP contribution in [0, 0.1) is 0 Å². The van der Waals surface area contributed by atoms with Crippen molar-refractivity contribution in [3.05, 3.63) is 157 Å². The van der Waals surface area contributed by atoms with Crippen molar-refractivity contribution in [2.24, 2.45) is 0 Å². The molecular weight excluding hydrogens is 520 g/mol. The van der Waals surface area contributed by atoms with Crippen LogP contribution in [0.1, 0.15) is 20.6 Å². The van der Waals surface area contributed by atoms with Crippen molar-refractivity contribution in [3.63, 3.8) is 0 Å². The molecule has 0 bridgehead atoms. The second kappa shape index (κ2) is 9.44. The lowest BCUT2D eigenvalue weighted by Gasteiger charge is -2.18. The Morgan fingerprint density at radius 1 is 0.395 bits per heavy atom. The molecule has 1 nitrogen and oxygen atoms in total. The molecule has 0 radical (unpaired) electrons. The van der Waals surface area contributed by atoms with Gasteiger partial charge < -0.3 is 4.42 Å². The molecule has 0 aliphatic heterocycles. The van der Waals surface area contributed by atoms with E-state index in [4.69, 9.17) is 16.8 Å². The van der Waals surface area contributed by atoms with Gasteiger partial charge in [0.1, 0.15) is 11.2 Å². The van der Waals surface area contributed by atoms with E-state index in [0.717, 1.165) is 27.5 Å². The molecule has 0 saturated carbocycles. The maximum absolute atomic E-state index is 9.38. The van der Waals surface area contributed by atoms with Crippen molar-refractivity contribution in [2.45, 2.75) is 0 Å². The molecule has 0 amide bonds. The molecule has 43 heavy (non-hydrogen) atoms. The SMILES string of the molecule is [2H]c1c([2H])c([2H])c2c([2H])c(-c3c4c([2H])c([2H])c([2H])c([2H])c4c(-c4ccc(-c5ccc6oc7ccccc7c6c5)cc4)c4c([2H])c([2H])c([2H])c([2H])c34)c([2H])c([2H])c2c1[2H]. The number of fused-ring (bicyclic) bond motifs is 6. The first-order chi connectivity index (χ1) is 27.6. The predicted molar refractivity (Wildman–Crippen MR) is 183 cm³/mol. The topological polar surface area (TPSA) is 13.1 Å². The van der Waals surface area contributed by atoms with Gasteiger partial charge in [-0.3, -0.25) is 0 Å². The van der Waals surface area contributed by atoms with E-state index in [1.165, 1.54) is 0 Å². The molecule has 0 aliphatic rings. The van der Waals surface area contributed by atoms with Crippen LogP contribution in [-0.2, 0) is 0 Å². The molecule has 0 spiro atoms. The fraction of sp³-hybridized carbons (Fsp3) is 0. The van der Waals surface area contributed by atoms with Crippen molar-refractivity contribution in [2.75, 3.05) is 0 Å². The minimum Gasteiger partial charge on any atom is -0.456 e. The predicted octanol–water partition coefficient (Wildman–Crippen LogP) is 12.0. The first kappa shape index (κ1) is 13.5. The highest BCUT2D eigenvalue weighted by molar-refractivity contribution is 6.21. The van der Waals surface area contributed by atoms with Crippen molar-refractivity contribution < 1.29 is 25.0 Å². The van der Waals surface area contributed by atoms with Crippen LogP contribution in [0.4, 0.5) is 0 Å². The molecule has 8 aromatic carbocycles. The molecular formula is C42H26O. The minimum atomic E-state index is -0.732. The number of benzene rings is 8. The molecule has 0 N–H and O–H groups in total. The lowest BCUT2D eigenvalue weighted by atomic mass is 9.85. The van der Waals surface area contributed by atoms with Crippen LogP contribution in [0.2, 0.25) is 0 Å². The second-order valence-corrected chi connectivity index (χ2v) is 10.1. The monoisotopic (exact) mass is 561 g/mol. The summed E-state index contributed by atoms with van der Waals surface area (Å²) in [6.07, 6.45) is 0. The summed E-state index contributed by atoms with van der Waals surface area (Å²) in [4.78, 5) is 0. The first-order valence-electron chi connectivity index (χ1n) is 21.0. The van der Waals surface area contributed by atoms with E-state index in [1.54, 1.807) is 24.3 Å². The summed E-state index contributed by atoms with van der Waals surface area (Å²) in [5.41, 5.74) is 2.59. The molecule has 200 valence electrons. The van der Waals surface area contributed by atoms with E-state index in [1.807, 2.05) is 42.5 Å². The Labute approximate surface area is 270 Å². The molecule has 1 aromatic heterocycles. The Morgan fingerprint density at radius 3 is 1.67 bits per heavy atom. The molecule has 1 heteroatoms. The highest BCUT2D eigenvalue weighted by atomic mass is 16.3. The number of hydrogen-bond donors (Lipinski definition) is 0. The van der Waals surface area contributed by atoms with Gasteiger partial charge in [-0.05, 0) is 89.9 Å². The van der Waals surface area contributed by atoms with Crippen molar-refractivity contribution in [1.82, 2.24) is 0 Å². The average molecular weight is 562 g/mol. The lowest BCUT2D eigenvalue weighted by molar-refractivity contribution is 0.669. The third-order valence-corrected chi connectivity index (χ3v) is 7.76. The summed E-state index contributed by atoms with van der Waals surface area (Å²) in [7, 11) is 0. The normalized spacial score (nSPS) is 16.6. The maximum Gasteiger partial charge on any atom is 0.135 e. The summed E-state index contributed by atoms with van der Waals surface area (Å²) in [5.74, 6) is 0. The maximum atomic E-state index is 9.38. The smallest absolute Gasteiger partial charge is 0.135 e. The van der Waals surface area contributed by atoms with E-state index in [0.29, 0.717) is 11.1 Å². The Bertz CT molecular complexity index is 3250. The molecule has 0 unspecified atom stereocenters. The number of hydrogen-bond acceptors (Lipinski definition) is 1. The Balaban J connectivity index is 1.43. The van der Waals surface area contributed by atoms with Crippen LogP contribution in [0.25, 0.3) is 87.6 Å². The van der Waals surface area contributed by atoms with Gasteiger partial charge in [-0.15, -0.1) is 0 Å². The highest BCUT2D eigenvalue weighted by Gasteiger charge is 2.17. The van der Waals surface area contributed by atoms with Crippen molar-refractivity contribution in [1.29, 1.82) is 0 Å². The van der Waals surface area contributed by atoms with Gasteiger partial charge in [-0.1, -0.05) is 133 Å². The number of furan rings is 1. The summed E-state index contributed by atoms with van der Waals surface area (Å²) in [6.45, 7) is 0. The van der Waals surface area contributed by atoms with Gasteiger partial charge in [0.2, 0.25) is 0 Å². The number of para-hydroxylation sites is 1. The van der Waals surface area contributed by atoms with E-state index >= 15 is 0 Å². The quantitative estimate of drug-likeness (QED) is 0.196. The average Bonchev–Trinajstić information content (AvgIpc) is 3.60. The first-order valence-corrected chi connectivity index (χ1v) is 13.5. The molecule has 9 rings (SSSR count). The fourth-order valence-corrected chi connectivity index (χ4v) is 5.80. The Kier molecular flexibility index (Phi) is 2.97. The molecule has 0 saturated heterocycles. The molecule has 0 fully saturated rings. The molecule has 0 aliphatic carbocycles. The summed E-state index contributed by atoms with van der Waals surface area (Å²) in [6, 6.07) is 10.5. The zero-order chi connectivity index (χ0) is 41.4. The largest absolute Gasteiger partial charge is 0.456 e. The van der Waals surface area contributed by atoms with Gasteiger partial charge in [0.25, 0.3) is 0 Å². The molecule has 1 heterocycles. The van der Waals surface area contributed by atoms with E-state index in [-0.39, 0.29) is 32.7 Å². The fourth-order valence-electron chi connectivity index (χ4n) is 5.80. The summed E-state index contributed by atoms with van der Waals surface area (Å²) >= 11 is 0. The summed E-state index contributed by atoms with van der Waals surface area (Å²) in [5, 5.41) is 0.0942. The third-order valence-electron chi connectivity index (χ3n) is 7.76. The van der Waals surface area contributed by atoms with Crippen LogP contribution in [0.15, 0.2) is 162 Å². The van der Waals surface area contributed by atoms with Gasteiger partial charge in [-0.25, -0.2) is 0 Å².